The minimum atomic E-state index is -3.68. The molecule has 184 valence electrons. The molecule has 0 N–H and O–H groups in total. The third-order valence-corrected chi connectivity index (χ3v) is 9.14. The largest absolute Gasteiger partial charge is 0.493 e. The second kappa shape index (κ2) is 10.8. The van der Waals surface area contributed by atoms with Crippen LogP contribution in [0.1, 0.15) is 19.3 Å². The van der Waals surface area contributed by atoms with Gasteiger partial charge in [0.25, 0.3) is 0 Å². The molecule has 2 fully saturated rings. The van der Waals surface area contributed by atoms with Crippen molar-refractivity contribution in [3.8, 4) is 5.75 Å². The minimum absolute atomic E-state index is 0.0765. The molecule has 1 atom stereocenters. The van der Waals surface area contributed by atoms with Gasteiger partial charge in [-0.05, 0) is 56.3 Å². The van der Waals surface area contributed by atoms with E-state index in [-0.39, 0.29) is 23.8 Å². The first-order valence-electron chi connectivity index (χ1n) is 11.7. The molecule has 34 heavy (non-hydrogen) atoms. The van der Waals surface area contributed by atoms with Crippen LogP contribution in [0.25, 0.3) is 0 Å². The average Bonchev–Trinajstić information content (AvgIpc) is 2.84. The summed E-state index contributed by atoms with van der Waals surface area (Å²) in [5.74, 6) is 0.800. The molecule has 9 heteroatoms. The van der Waals surface area contributed by atoms with Crippen molar-refractivity contribution in [1.82, 2.24) is 14.1 Å². The molecular formula is C25H32BrN3O4S. The molecule has 2 heterocycles. The number of benzene rings is 2. The molecule has 0 saturated carbocycles. The summed E-state index contributed by atoms with van der Waals surface area (Å²) in [4.78, 5) is 17.7. The van der Waals surface area contributed by atoms with Crippen LogP contribution >= 0.6 is 15.9 Å². The number of sulfonamides is 1. The summed E-state index contributed by atoms with van der Waals surface area (Å²) < 4.78 is 35.4. The van der Waals surface area contributed by atoms with Gasteiger partial charge in [-0.2, -0.15) is 4.31 Å². The van der Waals surface area contributed by atoms with Gasteiger partial charge in [0.1, 0.15) is 5.75 Å². The van der Waals surface area contributed by atoms with Crippen molar-refractivity contribution in [2.45, 2.75) is 24.2 Å². The molecule has 2 aromatic carbocycles. The monoisotopic (exact) mass is 549 g/mol. The second-order valence-corrected chi connectivity index (χ2v) is 12.2. The Hall–Kier alpha value is -1.94. The lowest BCUT2D eigenvalue weighted by molar-refractivity contribution is -0.136. The molecule has 1 amide bonds. The highest BCUT2D eigenvalue weighted by molar-refractivity contribution is 9.10. The maximum absolute atomic E-state index is 13.5. The van der Waals surface area contributed by atoms with Crippen LogP contribution in [0.2, 0.25) is 0 Å². The Balaban J connectivity index is 1.56. The highest BCUT2D eigenvalue weighted by atomic mass is 79.9. The van der Waals surface area contributed by atoms with Crippen molar-refractivity contribution in [2.24, 2.45) is 5.41 Å². The van der Waals surface area contributed by atoms with Crippen LogP contribution in [0, 0.1) is 5.41 Å². The summed E-state index contributed by atoms with van der Waals surface area (Å²) in [5, 5.41) is 0. The van der Waals surface area contributed by atoms with Crippen LogP contribution in [-0.2, 0) is 14.8 Å². The van der Waals surface area contributed by atoms with E-state index in [9.17, 15) is 13.2 Å². The standard InChI is InChI=1S/C25H32BrN3O4S/c1-27-14-16-28(17-15-27)24(30)18-25(20-33-22-6-3-2-4-7-22)12-5-13-29(19-25)34(31,32)23-10-8-21(26)9-11-23/h2-4,6-11H,5,12-20H2,1H3/t25-/m1/s1. The van der Waals surface area contributed by atoms with Crippen LogP contribution in [0.15, 0.2) is 64.0 Å². The van der Waals surface area contributed by atoms with E-state index >= 15 is 0 Å². The number of amides is 1. The zero-order valence-corrected chi connectivity index (χ0v) is 21.9. The lowest BCUT2D eigenvalue weighted by Gasteiger charge is -2.43. The Kier molecular flexibility index (Phi) is 7.97. The number of carbonyl (C=O) groups is 1. The molecule has 0 bridgehead atoms. The van der Waals surface area contributed by atoms with E-state index in [1.165, 1.54) is 4.31 Å². The SMILES string of the molecule is CN1CCN(C(=O)C[C@]2(COc3ccccc3)CCCN(S(=O)(=O)c3ccc(Br)cc3)C2)CC1. The van der Waals surface area contributed by atoms with Gasteiger partial charge in [-0.25, -0.2) is 8.42 Å². The third kappa shape index (κ3) is 6.00. The minimum Gasteiger partial charge on any atom is -0.493 e. The number of ether oxygens (including phenoxy) is 1. The maximum Gasteiger partial charge on any atom is 0.243 e. The van der Waals surface area contributed by atoms with Gasteiger partial charge in [0.2, 0.25) is 15.9 Å². The van der Waals surface area contributed by atoms with E-state index in [2.05, 4.69) is 27.9 Å². The Morgan fingerprint density at radius 1 is 1.00 bits per heavy atom. The van der Waals surface area contributed by atoms with Crippen molar-refractivity contribution in [3.63, 3.8) is 0 Å². The summed E-state index contributed by atoms with van der Waals surface area (Å²) >= 11 is 3.37. The van der Waals surface area contributed by atoms with Crippen LogP contribution in [0.3, 0.4) is 0 Å². The first kappa shape index (κ1) is 25.2. The molecule has 2 aromatic rings. The molecule has 0 unspecified atom stereocenters. The van der Waals surface area contributed by atoms with Crippen LogP contribution in [0.4, 0.5) is 0 Å². The van der Waals surface area contributed by atoms with Gasteiger partial charge in [0, 0.05) is 55.6 Å². The Bertz CT molecular complexity index is 1070. The van der Waals surface area contributed by atoms with E-state index in [0.717, 1.165) is 29.7 Å². The molecule has 4 rings (SSSR count). The van der Waals surface area contributed by atoms with Crippen molar-refractivity contribution >= 4 is 31.9 Å². The van der Waals surface area contributed by atoms with Crippen LogP contribution in [-0.4, -0.2) is 81.4 Å². The number of hydrogen-bond acceptors (Lipinski definition) is 5. The summed E-state index contributed by atoms with van der Waals surface area (Å²) in [6, 6.07) is 16.2. The molecule has 0 radical (unpaired) electrons. The van der Waals surface area contributed by atoms with Crippen molar-refractivity contribution in [1.29, 1.82) is 0 Å². The first-order chi connectivity index (χ1) is 16.3. The Morgan fingerprint density at radius 2 is 1.68 bits per heavy atom. The molecule has 2 saturated heterocycles. The van der Waals surface area contributed by atoms with Gasteiger partial charge in [0.05, 0.1) is 11.5 Å². The van der Waals surface area contributed by atoms with E-state index in [0.29, 0.717) is 32.7 Å². The van der Waals surface area contributed by atoms with Gasteiger partial charge < -0.3 is 14.5 Å². The number of para-hydroxylation sites is 1. The number of likely N-dealkylation sites (N-methyl/N-ethyl adjacent to an activating group) is 1. The molecule has 0 spiro atoms. The topological polar surface area (TPSA) is 70.2 Å². The maximum atomic E-state index is 13.5. The molecule has 7 nitrogen and oxygen atoms in total. The van der Waals surface area contributed by atoms with Crippen molar-refractivity contribution in [2.75, 3.05) is 52.9 Å². The average molecular weight is 551 g/mol. The van der Waals surface area contributed by atoms with Crippen LogP contribution in [0.5, 0.6) is 5.75 Å². The molecular weight excluding hydrogens is 518 g/mol. The summed E-state index contributed by atoms with van der Waals surface area (Å²) in [5.41, 5.74) is -0.586. The lowest BCUT2D eigenvalue weighted by Crippen LogP contribution is -2.53. The fourth-order valence-electron chi connectivity index (χ4n) is 4.68. The van der Waals surface area contributed by atoms with Gasteiger partial charge in [-0.1, -0.05) is 34.1 Å². The predicted molar refractivity (Wildman–Crippen MR) is 135 cm³/mol. The first-order valence-corrected chi connectivity index (χ1v) is 13.9. The van der Waals surface area contributed by atoms with Crippen LogP contribution < -0.4 is 4.74 Å². The molecule has 0 aromatic heterocycles. The number of rotatable bonds is 7. The number of piperidine rings is 1. The highest BCUT2D eigenvalue weighted by Crippen LogP contribution is 2.37. The van der Waals surface area contributed by atoms with Gasteiger partial charge in [-0.3, -0.25) is 4.79 Å². The van der Waals surface area contributed by atoms with E-state index < -0.39 is 15.4 Å². The van der Waals surface area contributed by atoms with Gasteiger partial charge in [-0.15, -0.1) is 0 Å². The fourth-order valence-corrected chi connectivity index (χ4v) is 6.53. The van der Waals surface area contributed by atoms with E-state index in [4.69, 9.17) is 4.74 Å². The van der Waals surface area contributed by atoms with Gasteiger partial charge >= 0.3 is 0 Å². The summed E-state index contributed by atoms with van der Waals surface area (Å²) in [6.45, 7) is 4.10. The quantitative estimate of drug-likeness (QED) is 0.528. The Morgan fingerprint density at radius 3 is 2.35 bits per heavy atom. The van der Waals surface area contributed by atoms with Crippen molar-refractivity contribution in [3.05, 3.63) is 59.1 Å². The third-order valence-electron chi connectivity index (χ3n) is 6.75. The molecule has 2 aliphatic heterocycles. The lowest BCUT2D eigenvalue weighted by atomic mass is 9.78. The molecule has 2 aliphatic rings. The number of halogens is 1. The number of nitrogens with zero attached hydrogens (tertiary/aromatic N) is 3. The smallest absolute Gasteiger partial charge is 0.243 e. The second-order valence-electron chi connectivity index (χ2n) is 9.36. The molecule has 0 aliphatic carbocycles. The zero-order chi connectivity index (χ0) is 24.2. The van der Waals surface area contributed by atoms with Gasteiger partial charge in [0.15, 0.2) is 0 Å². The predicted octanol–water partition coefficient (Wildman–Crippen LogP) is 3.46. The highest BCUT2D eigenvalue weighted by Gasteiger charge is 2.43. The normalized spacial score (nSPS) is 22.5. The summed E-state index contributed by atoms with van der Waals surface area (Å²) in [6.07, 6.45) is 1.70. The van der Waals surface area contributed by atoms with E-state index in [1.54, 1.807) is 24.3 Å². The zero-order valence-electron chi connectivity index (χ0n) is 19.5. The Labute approximate surface area is 210 Å². The summed E-state index contributed by atoms with van der Waals surface area (Å²) in [7, 11) is -1.62. The fraction of sp³-hybridized carbons (Fsp3) is 0.480. The van der Waals surface area contributed by atoms with E-state index in [1.807, 2.05) is 35.2 Å². The van der Waals surface area contributed by atoms with Crippen molar-refractivity contribution < 1.29 is 17.9 Å². The number of carbonyl (C=O) groups excluding carboxylic acids is 1. The number of hydrogen-bond donors (Lipinski definition) is 0. The number of piperazine rings is 1.